The lowest BCUT2D eigenvalue weighted by atomic mass is 10.0. The molecule has 0 aliphatic carbocycles. The van der Waals surface area contributed by atoms with Gasteiger partial charge in [-0.25, -0.2) is 13.8 Å². The zero-order chi connectivity index (χ0) is 22.8. The van der Waals surface area contributed by atoms with Crippen molar-refractivity contribution in [3.8, 4) is 5.88 Å². The van der Waals surface area contributed by atoms with E-state index >= 15 is 0 Å². The fourth-order valence-electron chi connectivity index (χ4n) is 3.09. The molecule has 1 aliphatic rings. The van der Waals surface area contributed by atoms with Crippen LogP contribution < -0.4 is 9.64 Å². The second kappa shape index (κ2) is 11.8. The Morgan fingerprint density at radius 3 is 2.29 bits per heavy atom. The predicted molar refractivity (Wildman–Crippen MR) is 119 cm³/mol. The number of aromatic nitrogens is 1. The van der Waals surface area contributed by atoms with Crippen molar-refractivity contribution in [1.82, 2.24) is 4.98 Å². The Bertz CT molecular complexity index is 1010. The van der Waals surface area contributed by atoms with Crippen molar-refractivity contribution >= 4 is 11.6 Å². The highest BCUT2D eigenvalue weighted by atomic mass is 19.1. The van der Waals surface area contributed by atoms with Crippen LogP contribution in [0.15, 0.2) is 60.7 Å². The number of hydrogen-bond donors (Lipinski definition) is 0. The van der Waals surface area contributed by atoms with Crippen molar-refractivity contribution in [2.75, 3.05) is 11.4 Å². The van der Waals surface area contributed by atoms with Gasteiger partial charge in [0.15, 0.2) is 0 Å². The molecule has 6 heteroatoms. The van der Waals surface area contributed by atoms with Crippen LogP contribution in [0.3, 0.4) is 0 Å². The molecule has 0 radical (unpaired) electrons. The molecule has 1 aliphatic heterocycles. The van der Waals surface area contributed by atoms with Crippen LogP contribution in [0.2, 0.25) is 0 Å². The second-order valence-corrected chi connectivity index (χ2v) is 6.25. The van der Waals surface area contributed by atoms with Gasteiger partial charge >= 0.3 is 0 Å². The molecule has 0 N–H and O–H groups in total. The highest BCUT2D eigenvalue weighted by Crippen LogP contribution is 2.26. The zero-order valence-electron chi connectivity index (χ0n) is 18.4. The number of rotatable bonds is 4. The zero-order valence-corrected chi connectivity index (χ0v) is 18.4. The Hall–Kier alpha value is -3.28. The third-order valence-corrected chi connectivity index (χ3v) is 4.39. The molecule has 31 heavy (non-hydrogen) atoms. The molecule has 0 saturated heterocycles. The molecule has 2 heterocycles. The van der Waals surface area contributed by atoms with Crippen LogP contribution in [0.25, 0.3) is 0 Å². The highest BCUT2D eigenvalue weighted by molar-refractivity contribution is 6.07. The van der Waals surface area contributed by atoms with E-state index in [2.05, 4.69) is 4.98 Å². The third kappa shape index (κ3) is 6.10. The minimum atomic E-state index is -0.384. The Balaban J connectivity index is 0.000000807. The smallest absolute Gasteiger partial charge is 0.260 e. The van der Waals surface area contributed by atoms with Gasteiger partial charge < -0.3 is 9.64 Å². The number of carbonyl (C=O) groups excluding carboxylic acids is 1. The van der Waals surface area contributed by atoms with Crippen molar-refractivity contribution in [1.29, 1.82) is 0 Å². The molecule has 0 saturated carbocycles. The maximum absolute atomic E-state index is 13.5. The van der Waals surface area contributed by atoms with Crippen molar-refractivity contribution < 1.29 is 18.3 Å². The predicted octanol–water partition coefficient (Wildman–Crippen LogP) is 6.19. The third-order valence-electron chi connectivity index (χ3n) is 4.39. The molecule has 0 atom stereocenters. The minimum Gasteiger partial charge on any atom is -0.473 e. The molecular weight excluding hydrogens is 398 g/mol. The maximum Gasteiger partial charge on any atom is 0.260 e. The number of halogens is 2. The molecule has 4 rings (SSSR count). The van der Waals surface area contributed by atoms with Crippen molar-refractivity contribution in [3.05, 3.63) is 89.1 Å². The summed E-state index contributed by atoms with van der Waals surface area (Å²) < 4.78 is 32.3. The molecule has 0 spiro atoms. The molecule has 0 unspecified atom stereocenters. The highest BCUT2D eigenvalue weighted by Gasteiger charge is 2.27. The second-order valence-electron chi connectivity index (χ2n) is 6.25. The quantitative estimate of drug-likeness (QED) is 0.499. The summed E-state index contributed by atoms with van der Waals surface area (Å²) in [5.74, 6) is -0.543. The topological polar surface area (TPSA) is 42.4 Å². The van der Waals surface area contributed by atoms with Crippen LogP contribution in [-0.2, 0) is 13.0 Å². The number of carbonyl (C=O) groups is 1. The number of benzene rings is 2. The van der Waals surface area contributed by atoms with Gasteiger partial charge in [-0.05, 0) is 42.0 Å². The molecule has 2 aromatic carbocycles. The lowest BCUT2D eigenvalue weighted by molar-refractivity contribution is 0.0979. The van der Waals surface area contributed by atoms with E-state index in [-0.39, 0.29) is 24.1 Å². The lowest BCUT2D eigenvalue weighted by Crippen LogP contribution is -2.38. The summed E-state index contributed by atoms with van der Waals surface area (Å²) >= 11 is 0. The summed E-state index contributed by atoms with van der Waals surface area (Å²) in [4.78, 5) is 18.7. The molecule has 1 aromatic heterocycles. The first-order chi connectivity index (χ1) is 15.1. The monoisotopic (exact) mass is 426 g/mol. The normalized spacial score (nSPS) is 12.1. The van der Waals surface area contributed by atoms with Gasteiger partial charge in [0, 0.05) is 24.7 Å². The van der Waals surface area contributed by atoms with Gasteiger partial charge in [0.05, 0.1) is 11.3 Å². The van der Waals surface area contributed by atoms with Gasteiger partial charge in [0.25, 0.3) is 5.91 Å². The standard InChI is InChI=1S/C21H16F2N2O2.2C2H6/c22-15-4-1-3-14(11-15)13-27-20-8-7-18-19(24-20)9-10-25(21(18)26)17-6-2-5-16(23)12-17;2*1-2/h1-8,11-12H,9-10,13H2;2*1-2H3. The van der Waals surface area contributed by atoms with Crippen molar-refractivity contribution in [3.63, 3.8) is 0 Å². The number of hydrogen-bond acceptors (Lipinski definition) is 3. The minimum absolute atomic E-state index is 0.187. The number of ether oxygens (including phenoxy) is 1. The first-order valence-electron chi connectivity index (χ1n) is 10.5. The van der Waals surface area contributed by atoms with E-state index < -0.39 is 0 Å². The van der Waals surface area contributed by atoms with Crippen LogP contribution >= 0.6 is 0 Å². The molecule has 4 nitrogen and oxygen atoms in total. The Morgan fingerprint density at radius 2 is 1.61 bits per heavy atom. The van der Waals surface area contributed by atoms with Gasteiger partial charge in [-0.1, -0.05) is 45.9 Å². The van der Waals surface area contributed by atoms with Crippen molar-refractivity contribution in [2.24, 2.45) is 0 Å². The Morgan fingerprint density at radius 1 is 0.935 bits per heavy atom. The average molecular weight is 427 g/mol. The van der Waals surface area contributed by atoms with E-state index in [0.29, 0.717) is 41.4 Å². The number of nitrogens with zero attached hydrogens (tertiary/aromatic N) is 2. The lowest BCUT2D eigenvalue weighted by Gasteiger charge is -2.28. The first-order valence-corrected chi connectivity index (χ1v) is 10.5. The molecular formula is C25H28F2N2O2. The molecule has 164 valence electrons. The molecule has 0 fully saturated rings. The van der Waals surface area contributed by atoms with E-state index in [1.165, 1.54) is 24.3 Å². The number of anilines is 1. The van der Waals surface area contributed by atoms with Crippen LogP contribution in [0.1, 0.15) is 49.3 Å². The Labute approximate surface area is 182 Å². The number of amides is 1. The Kier molecular flexibility index (Phi) is 9.13. The largest absolute Gasteiger partial charge is 0.473 e. The summed E-state index contributed by atoms with van der Waals surface area (Å²) in [6.07, 6.45) is 0.536. The van der Waals surface area contributed by atoms with Crippen molar-refractivity contribution in [2.45, 2.75) is 40.7 Å². The van der Waals surface area contributed by atoms with Crippen LogP contribution in [0.4, 0.5) is 14.5 Å². The van der Waals surface area contributed by atoms with E-state index in [1.807, 2.05) is 27.7 Å². The SMILES string of the molecule is CC.CC.O=C1c2ccc(OCc3cccc(F)c3)nc2CCN1c1cccc(F)c1. The first kappa shape index (κ1) is 24.0. The van der Waals surface area contributed by atoms with Gasteiger partial charge in [0.1, 0.15) is 18.2 Å². The summed E-state index contributed by atoms with van der Waals surface area (Å²) in [6, 6.07) is 15.4. The fraction of sp³-hybridized carbons (Fsp3) is 0.280. The van der Waals surface area contributed by atoms with Gasteiger partial charge in [-0.15, -0.1) is 0 Å². The summed E-state index contributed by atoms with van der Waals surface area (Å²) in [5, 5.41) is 0. The van der Waals surface area contributed by atoms with Gasteiger partial charge in [-0.3, -0.25) is 4.79 Å². The fourth-order valence-corrected chi connectivity index (χ4v) is 3.09. The molecule has 3 aromatic rings. The number of fused-ring (bicyclic) bond motifs is 1. The molecule has 0 bridgehead atoms. The van der Waals surface area contributed by atoms with Gasteiger partial charge in [0.2, 0.25) is 5.88 Å². The number of pyridine rings is 1. The van der Waals surface area contributed by atoms with E-state index in [1.54, 1.807) is 41.3 Å². The maximum atomic E-state index is 13.5. The van der Waals surface area contributed by atoms with E-state index in [4.69, 9.17) is 4.74 Å². The van der Waals surface area contributed by atoms with E-state index in [9.17, 15) is 13.6 Å². The van der Waals surface area contributed by atoms with Crippen LogP contribution in [0.5, 0.6) is 5.88 Å². The van der Waals surface area contributed by atoms with Crippen LogP contribution in [0, 0.1) is 11.6 Å². The van der Waals surface area contributed by atoms with Gasteiger partial charge in [-0.2, -0.15) is 0 Å². The average Bonchev–Trinajstić information content (AvgIpc) is 2.80. The summed E-state index contributed by atoms with van der Waals surface area (Å²) in [6.45, 7) is 8.60. The van der Waals surface area contributed by atoms with E-state index in [0.717, 1.165) is 0 Å². The summed E-state index contributed by atoms with van der Waals surface area (Å²) in [5.41, 5.74) is 2.34. The molecule has 1 amide bonds. The van der Waals surface area contributed by atoms with Crippen LogP contribution in [-0.4, -0.2) is 17.4 Å². The summed E-state index contributed by atoms with van der Waals surface area (Å²) in [7, 11) is 0.